The van der Waals surface area contributed by atoms with Crippen LogP contribution in [0.4, 0.5) is 10.1 Å². The minimum absolute atomic E-state index is 0.00922. The summed E-state index contributed by atoms with van der Waals surface area (Å²) in [6, 6.07) is 14.4. The fraction of sp³-hybridized carbons (Fsp3) is 0.269. The molecule has 8 heteroatoms. The average molecular weight is 479 g/mol. The standard InChI is InChI=1S/C26H27FN4O2S/c1-5-14-31-24(16-33-22-13-9-7-11-20(22)27)28-29-25(31)34-17-18(32)15-23-26(2,3)19-10-6-8-12-21(19)30(23)4/h5-13,15H,1,14,16-17H2,2-4H3/b23-15-. The predicted octanol–water partition coefficient (Wildman–Crippen LogP) is 5.15. The van der Waals surface area contributed by atoms with E-state index in [-0.39, 0.29) is 29.3 Å². The highest BCUT2D eigenvalue weighted by molar-refractivity contribution is 7.99. The molecule has 4 rings (SSSR count). The molecule has 0 fully saturated rings. The van der Waals surface area contributed by atoms with Crippen LogP contribution in [0.2, 0.25) is 0 Å². The van der Waals surface area contributed by atoms with Crippen molar-refractivity contribution in [2.24, 2.45) is 0 Å². The van der Waals surface area contributed by atoms with Crippen molar-refractivity contribution in [3.8, 4) is 5.75 Å². The largest absolute Gasteiger partial charge is 0.483 e. The maximum absolute atomic E-state index is 13.9. The maximum Gasteiger partial charge on any atom is 0.192 e. The summed E-state index contributed by atoms with van der Waals surface area (Å²) < 4.78 is 21.3. The zero-order valence-corrected chi connectivity index (χ0v) is 20.3. The molecule has 3 aromatic rings. The lowest BCUT2D eigenvalue weighted by Gasteiger charge is -2.23. The molecule has 6 nitrogen and oxygen atoms in total. The molecule has 2 heterocycles. The van der Waals surface area contributed by atoms with Gasteiger partial charge < -0.3 is 9.64 Å². The Kier molecular flexibility index (Phi) is 6.88. The fourth-order valence-corrected chi connectivity index (χ4v) is 4.93. The summed E-state index contributed by atoms with van der Waals surface area (Å²) in [5, 5.41) is 8.99. The molecule has 0 amide bonds. The quantitative estimate of drug-likeness (QED) is 0.241. The molecule has 1 aromatic heterocycles. The molecule has 2 aromatic carbocycles. The lowest BCUT2D eigenvalue weighted by molar-refractivity contribution is -0.112. The molecule has 1 aliphatic heterocycles. The Bertz CT molecular complexity index is 1250. The van der Waals surface area contributed by atoms with Gasteiger partial charge in [0.25, 0.3) is 0 Å². The molecular formula is C26H27FN4O2S. The number of hydrogen-bond donors (Lipinski definition) is 0. The van der Waals surface area contributed by atoms with Crippen LogP contribution in [-0.2, 0) is 23.4 Å². The zero-order chi connectivity index (χ0) is 24.3. The molecule has 0 radical (unpaired) electrons. The summed E-state index contributed by atoms with van der Waals surface area (Å²) in [5.74, 6) is 0.449. The second-order valence-corrected chi connectivity index (χ2v) is 9.45. The molecule has 0 bridgehead atoms. The van der Waals surface area contributed by atoms with Crippen LogP contribution in [0.5, 0.6) is 5.75 Å². The third kappa shape index (κ3) is 4.63. The number of hydrogen-bond acceptors (Lipinski definition) is 6. The van der Waals surface area contributed by atoms with E-state index in [1.165, 1.54) is 23.4 Å². The first-order valence-corrected chi connectivity index (χ1v) is 11.9. The van der Waals surface area contributed by atoms with E-state index in [0.717, 1.165) is 11.4 Å². The second kappa shape index (κ2) is 9.85. The summed E-state index contributed by atoms with van der Waals surface area (Å²) in [6.07, 6.45) is 3.44. The number of anilines is 1. The second-order valence-electron chi connectivity index (χ2n) is 8.50. The molecule has 0 spiro atoms. The van der Waals surface area contributed by atoms with Gasteiger partial charge in [-0.15, -0.1) is 16.8 Å². The van der Waals surface area contributed by atoms with Crippen molar-refractivity contribution in [2.75, 3.05) is 17.7 Å². The van der Waals surface area contributed by atoms with Gasteiger partial charge in [0.15, 0.2) is 28.3 Å². The van der Waals surface area contributed by atoms with Crippen molar-refractivity contribution < 1.29 is 13.9 Å². The summed E-state index contributed by atoms with van der Waals surface area (Å²) in [7, 11) is 1.99. The van der Waals surface area contributed by atoms with Crippen molar-refractivity contribution in [3.63, 3.8) is 0 Å². The van der Waals surface area contributed by atoms with E-state index < -0.39 is 5.82 Å². The Morgan fingerprint density at radius 2 is 1.91 bits per heavy atom. The van der Waals surface area contributed by atoms with Gasteiger partial charge in [0.05, 0.1) is 5.75 Å². The number of ketones is 1. The number of rotatable bonds is 9. The zero-order valence-electron chi connectivity index (χ0n) is 19.5. The Hall–Kier alpha value is -3.39. The topological polar surface area (TPSA) is 60.2 Å². The number of halogens is 1. The molecule has 1 aliphatic rings. The highest BCUT2D eigenvalue weighted by atomic mass is 32.2. The van der Waals surface area contributed by atoms with Gasteiger partial charge in [-0.25, -0.2) is 4.39 Å². The number of ether oxygens (including phenoxy) is 1. The fourth-order valence-electron chi connectivity index (χ4n) is 4.14. The lowest BCUT2D eigenvalue weighted by atomic mass is 9.83. The molecule has 0 unspecified atom stereocenters. The first-order chi connectivity index (χ1) is 16.3. The van der Waals surface area contributed by atoms with Gasteiger partial charge in [0.2, 0.25) is 0 Å². The minimum Gasteiger partial charge on any atom is -0.483 e. The Morgan fingerprint density at radius 1 is 1.18 bits per heavy atom. The number of allylic oxidation sites excluding steroid dienone is 3. The summed E-state index contributed by atoms with van der Waals surface area (Å²) in [4.78, 5) is 15.0. The molecular weight excluding hydrogens is 451 g/mol. The van der Waals surface area contributed by atoms with E-state index in [1.54, 1.807) is 30.4 Å². The van der Waals surface area contributed by atoms with Crippen molar-refractivity contribution in [1.82, 2.24) is 14.8 Å². The molecule has 0 atom stereocenters. The van der Waals surface area contributed by atoms with Crippen LogP contribution in [0, 0.1) is 5.82 Å². The van der Waals surface area contributed by atoms with Gasteiger partial charge in [-0.3, -0.25) is 9.36 Å². The van der Waals surface area contributed by atoms with Crippen LogP contribution >= 0.6 is 11.8 Å². The Balaban J connectivity index is 1.46. The normalized spacial score (nSPS) is 15.4. The monoisotopic (exact) mass is 478 g/mol. The SMILES string of the molecule is C=CCn1c(COc2ccccc2F)nnc1SCC(=O)/C=C1\N(C)c2ccccc2C1(C)C. The number of thioether (sulfide) groups is 1. The van der Waals surface area contributed by atoms with Gasteiger partial charge in [0, 0.05) is 36.5 Å². The van der Waals surface area contributed by atoms with Crippen molar-refractivity contribution in [1.29, 1.82) is 0 Å². The summed E-state index contributed by atoms with van der Waals surface area (Å²) >= 11 is 1.31. The van der Waals surface area contributed by atoms with E-state index >= 15 is 0 Å². The van der Waals surface area contributed by atoms with Crippen molar-refractivity contribution in [3.05, 3.63) is 90.2 Å². The molecule has 0 saturated heterocycles. The van der Waals surface area contributed by atoms with E-state index in [1.807, 2.05) is 23.7 Å². The Labute approximate surface area is 203 Å². The predicted molar refractivity (Wildman–Crippen MR) is 133 cm³/mol. The smallest absolute Gasteiger partial charge is 0.192 e. The third-order valence-corrected chi connectivity index (χ3v) is 6.87. The number of aromatic nitrogens is 3. The highest BCUT2D eigenvalue weighted by Gasteiger charge is 2.38. The van der Waals surface area contributed by atoms with Gasteiger partial charge >= 0.3 is 0 Å². The molecule has 34 heavy (non-hydrogen) atoms. The van der Waals surface area contributed by atoms with Crippen molar-refractivity contribution >= 4 is 23.2 Å². The first-order valence-electron chi connectivity index (χ1n) is 10.9. The summed E-state index contributed by atoms with van der Waals surface area (Å²) in [6.45, 7) is 8.55. The van der Waals surface area contributed by atoms with E-state index in [9.17, 15) is 9.18 Å². The van der Waals surface area contributed by atoms with Crippen LogP contribution < -0.4 is 9.64 Å². The number of carbonyl (C=O) groups excluding carboxylic acids is 1. The molecule has 176 valence electrons. The van der Waals surface area contributed by atoms with Crippen molar-refractivity contribution in [2.45, 2.75) is 37.6 Å². The summed E-state index contributed by atoms with van der Waals surface area (Å²) in [5.41, 5.74) is 3.02. The van der Waals surface area contributed by atoms with E-state index in [4.69, 9.17) is 4.74 Å². The van der Waals surface area contributed by atoms with Gasteiger partial charge in [0.1, 0.15) is 6.61 Å². The van der Waals surface area contributed by atoms with Gasteiger partial charge in [-0.2, -0.15) is 0 Å². The van der Waals surface area contributed by atoms with Gasteiger partial charge in [-0.1, -0.05) is 62.0 Å². The first kappa shape index (κ1) is 23.8. The van der Waals surface area contributed by atoms with Crippen LogP contribution in [0.15, 0.2) is 78.1 Å². The number of fused-ring (bicyclic) bond motifs is 1. The van der Waals surface area contributed by atoms with Crippen LogP contribution in [-0.4, -0.2) is 33.3 Å². The van der Waals surface area contributed by atoms with Gasteiger partial charge in [-0.05, 0) is 23.8 Å². The highest BCUT2D eigenvalue weighted by Crippen LogP contribution is 2.46. The van der Waals surface area contributed by atoms with Crippen LogP contribution in [0.3, 0.4) is 0 Å². The lowest BCUT2D eigenvalue weighted by Crippen LogP contribution is -2.24. The van der Waals surface area contributed by atoms with E-state index in [0.29, 0.717) is 17.5 Å². The average Bonchev–Trinajstić information content (AvgIpc) is 3.29. The van der Waals surface area contributed by atoms with Crippen LogP contribution in [0.1, 0.15) is 25.2 Å². The van der Waals surface area contributed by atoms with Crippen LogP contribution in [0.25, 0.3) is 0 Å². The third-order valence-electron chi connectivity index (χ3n) is 5.88. The number of likely N-dealkylation sites (N-methyl/N-ethyl adjacent to an activating group) is 1. The number of benzene rings is 2. The maximum atomic E-state index is 13.9. The number of nitrogens with zero attached hydrogens (tertiary/aromatic N) is 4. The van der Waals surface area contributed by atoms with E-state index in [2.05, 4.69) is 47.7 Å². The molecule has 0 N–H and O–H groups in total. The number of para-hydroxylation sites is 2. The molecule has 0 aliphatic carbocycles. The Morgan fingerprint density at radius 3 is 2.65 bits per heavy atom. The molecule has 0 saturated carbocycles. The minimum atomic E-state index is -0.438. The number of carbonyl (C=O) groups is 1.